The molecule has 0 unspecified atom stereocenters. The maximum absolute atomic E-state index is 12.7. The smallest absolute Gasteiger partial charge is 0.281 e. The van der Waals surface area contributed by atoms with Gasteiger partial charge in [0.25, 0.3) is 15.9 Å². The molecular weight excluding hydrogens is 348 g/mol. The molecule has 0 fully saturated rings. The van der Waals surface area contributed by atoms with E-state index in [0.717, 1.165) is 22.0 Å². The molecule has 0 bridgehead atoms. The van der Waals surface area contributed by atoms with Gasteiger partial charge in [0.05, 0.1) is 4.90 Å². The van der Waals surface area contributed by atoms with E-state index in [1.165, 1.54) is 12.1 Å². The van der Waals surface area contributed by atoms with Crippen LogP contribution in [0.1, 0.15) is 23.0 Å². The van der Waals surface area contributed by atoms with Crippen LogP contribution in [0.3, 0.4) is 0 Å². The summed E-state index contributed by atoms with van der Waals surface area (Å²) in [7, 11) is -3.94. The van der Waals surface area contributed by atoms with E-state index in [1.807, 2.05) is 38.1 Å². The van der Waals surface area contributed by atoms with E-state index in [9.17, 15) is 13.2 Å². The molecule has 2 aromatic carbocycles. The third kappa shape index (κ3) is 3.55. The Kier molecular flexibility index (Phi) is 4.70. The zero-order valence-electron chi connectivity index (χ0n) is 14.7. The number of fused-ring (bicyclic) bond motifs is 1. The Bertz CT molecular complexity index is 1090. The number of hydrogen-bond acceptors (Lipinski definition) is 3. The third-order valence-electron chi connectivity index (χ3n) is 4.03. The van der Waals surface area contributed by atoms with E-state index in [-0.39, 0.29) is 10.6 Å². The van der Waals surface area contributed by atoms with E-state index in [4.69, 9.17) is 0 Å². The highest BCUT2D eigenvalue weighted by atomic mass is 32.2. The van der Waals surface area contributed by atoms with E-state index >= 15 is 0 Å². The Labute approximate surface area is 153 Å². The normalized spacial score (nSPS) is 11.5. The van der Waals surface area contributed by atoms with Gasteiger partial charge in [-0.1, -0.05) is 48.0 Å². The maximum atomic E-state index is 12.7. The standard InChI is InChI=1S/C20H20N2O3S/c1-14(2)13-22-18-7-5-4-6-16(18)12-19(22)20(23)21-26(24,25)17-10-8-15(3)9-11-17/h4-12H,1,13H2,2-3H3,(H,21,23). The van der Waals surface area contributed by atoms with Gasteiger partial charge in [-0.15, -0.1) is 0 Å². The monoisotopic (exact) mass is 368 g/mol. The average Bonchev–Trinajstić information content (AvgIpc) is 2.93. The molecule has 0 saturated carbocycles. The van der Waals surface area contributed by atoms with Crippen molar-refractivity contribution in [1.82, 2.24) is 9.29 Å². The summed E-state index contributed by atoms with van der Waals surface area (Å²) < 4.78 is 29.0. The molecule has 0 aliphatic carbocycles. The van der Waals surface area contributed by atoms with Gasteiger partial charge in [0.15, 0.2) is 0 Å². The number of carbonyl (C=O) groups excluding carboxylic acids is 1. The number of amides is 1. The second-order valence-corrected chi connectivity index (χ2v) is 8.06. The lowest BCUT2D eigenvalue weighted by Crippen LogP contribution is -2.32. The molecule has 1 amide bonds. The molecule has 0 aliphatic rings. The number of sulfonamides is 1. The van der Waals surface area contributed by atoms with Gasteiger partial charge >= 0.3 is 0 Å². The summed E-state index contributed by atoms with van der Waals surface area (Å²) in [6, 6.07) is 15.6. The zero-order valence-corrected chi connectivity index (χ0v) is 15.5. The largest absolute Gasteiger partial charge is 0.332 e. The van der Waals surface area contributed by atoms with Crippen LogP contribution in [0.25, 0.3) is 10.9 Å². The fraction of sp³-hybridized carbons (Fsp3) is 0.150. The third-order valence-corrected chi connectivity index (χ3v) is 5.38. The highest BCUT2D eigenvalue weighted by Crippen LogP contribution is 2.21. The van der Waals surface area contributed by atoms with Gasteiger partial charge in [-0.25, -0.2) is 13.1 Å². The van der Waals surface area contributed by atoms with Crippen LogP contribution in [0.4, 0.5) is 0 Å². The van der Waals surface area contributed by atoms with E-state index < -0.39 is 15.9 Å². The number of nitrogens with zero attached hydrogens (tertiary/aromatic N) is 1. The number of aromatic nitrogens is 1. The summed E-state index contributed by atoms with van der Waals surface area (Å²) >= 11 is 0. The van der Waals surface area contributed by atoms with Gasteiger partial charge in [0.1, 0.15) is 5.69 Å². The minimum atomic E-state index is -3.94. The topological polar surface area (TPSA) is 68.2 Å². The molecule has 134 valence electrons. The highest BCUT2D eigenvalue weighted by molar-refractivity contribution is 7.90. The second kappa shape index (κ2) is 6.80. The van der Waals surface area contributed by atoms with Crippen LogP contribution in [0.15, 0.2) is 71.6 Å². The Balaban J connectivity index is 1.99. The van der Waals surface area contributed by atoms with Crippen molar-refractivity contribution in [3.05, 3.63) is 78.0 Å². The molecule has 0 radical (unpaired) electrons. The number of hydrogen-bond donors (Lipinski definition) is 1. The van der Waals surface area contributed by atoms with Crippen LogP contribution in [-0.4, -0.2) is 18.9 Å². The lowest BCUT2D eigenvalue weighted by Gasteiger charge is -2.11. The number of para-hydroxylation sites is 1. The van der Waals surface area contributed by atoms with Crippen molar-refractivity contribution in [3.8, 4) is 0 Å². The molecule has 1 heterocycles. The number of carbonyl (C=O) groups is 1. The fourth-order valence-electron chi connectivity index (χ4n) is 2.79. The Hall–Kier alpha value is -2.86. The predicted molar refractivity (Wildman–Crippen MR) is 103 cm³/mol. The van der Waals surface area contributed by atoms with Gasteiger partial charge in [-0.05, 0) is 38.1 Å². The summed E-state index contributed by atoms with van der Waals surface area (Å²) in [5.74, 6) is -0.664. The molecule has 0 aliphatic heterocycles. The summed E-state index contributed by atoms with van der Waals surface area (Å²) in [4.78, 5) is 12.8. The van der Waals surface area contributed by atoms with E-state index in [1.54, 1.807) is 22.8 Å². The van der Waals surface area contributed by atoms with Crippen molar-refractivity contribution >= 4 is 26.8 Å². The Morgan fingerprint density at radius 2 is 1.77 bits per heavy atom. The molecule has 1 aromatic heterocycles. The molecule has 26 heavy (non-hydrogen) atoms. The van der Waals surface area contributed by atoms with Crippen molar-refractivity contribution in [3.63, 3.8) is 0 Å². The summed E-state index contributed by atoms with van der Waals surface area (Å²) in [5, 5.41) is 0.867. The maximum Gasteiger partial charge on any atom is 0.281 e. The minimum absolute atomic E-state index is 0.0546. The quantitative estimate of drug-likeness (QED) is 0.699. The molecular formula is C20H20N2O3S. The van der Waals surface area contributed by atoms with Gasteiger partial charge in [-0.2, -0.15) is 0 Å². The SMILES string of the molecule is C=C(C)Cn1c(C(=O)NS(=O)(=O)c2ccc(C)cc2)cc2ccccc21. The number of rotatable bonds is 5. The van der Waals surface area contributed by atoms with Gasteiger partial charge in [-0.3, -0.25) is 4.79 Å². The molecule has 3 aromatic rings. The van der Waals surface area contributed by atoms with Gasteiger partial charge in [0, 0.05) is 17.4 Å². The summed E-state index contributed by atoms with van der Waals surface area (Å²) in [5.41, 5.74) is 2.94. The zero-order chi connectivity index (χ0) is 18.9. The Morgan fingerprint density at radius 3 is 2.42 bits per heavy atom. The second-order valence-electron chi connectivity index (χ2n) is 6.38. The Morgan fingerprint density at radius 1 is 1.12 bits per heavy atom. The van der Waals surface area contributed by atoms with E-state index in [2.05, 4.69) is 11.3 Å². The molecule has 5 nitrogen and oxygen atoms in total. The van der Waals surface area contributed by atoms with Crippen LogP contribution in [-0.2, 0) is 16.6 Å². The van der Waals surface area contributed by atoms with Crippen molar-refractivity contribution in [1.29, 1.82) is 0 Å². The molecule has 0 spiro atoms. The number of aryl methyl sites for hydroxylation is 1. The number of nitrogens with one attached hydrogen (secondary N) is 1. The number of allylic oxidation sites excluding steroid dienone is 1. The van der Waals surface area contributed by atoms with Crippen LogP contribution in [0.2, 0.25) is 0 Å². The predicted octanol–water partition coefficient (Wildman–Crippen LogP) is 3.64. The molecule has 6 heteroatoms. The minimum Gasteiger partial charge on any atom is -0.332 e. The van der Waals surface area contributed by atoms with Crippen molar-refractivity contribution in [2.75, 3.05) is 0 Å². The molecule has 3 rings (SSSR count). The van der Waals surface area contributed by atoms with Gasteiger partial charge < -0.3 is 4.57 Å². The molecule has 0 saturated heterocycles. The van der Waals surface area contributed by atoms with Crippen LogP contribution in [0.5, 0.6) is 0 Å². The number of benzene rings is 2. The van der Waals surface area contributed by atoms with Crippen LogP contribution < -0.4 is 4.72 Å². The first-order valence-corrected chi connectivity index (χ1v) is 9.63. The average molecular weight is 368 g/mol. The highest BCUT2D eigenvalue weighted by Gasteiger charge is 2.22. The van der Waals surface area contributed by atoms with Crippen LogP contribution in [0, 0.1) is 6.92 Å². The van der Waals surface area contributed by atoms with Crippen molar-refractivity contribution in [2.45, 2.75) is 25.3 Å². The first-order valence-electron chi connectivity index (χ1n) is 8.14. The first kappa shape index (κ1) is 17.9. The lowest BCUT2D eigenvalue weighted by atomic mass is 10.2. The van der Waals surface area contributed by atoms with Gasteiger partial charge in [0.2, 0.25) is 0 Å². The lowest BCUT2D eigenvalue weighted by molar-refractivity contribution is 0.0973. The molecule has 1 N–H and O–H groups in total. The summed E-state index contributed by atoms with van der Waals surface area (Å²) in [6.07, 6.45) is 0. The summed E-state index contributed by atoms with van der Waals surface area (Å²) in [6.45, 7) is 8.05. The molecule has 0 atom stereocenters. The first-order chi connectivity index (χ1) is 12.3. The fourth-order valence-corrected chi connectivity index (χ4v) is 3.75. The van der Waals surface area contributed by atoms with Crippen LogP contribution >= 0.6 is 0 Å². The van der Waals surface area contributed by atoms with Crippen molar-refractivity contribution in [2.24, 2.45) is 0 Å². The van der Waals surface area contributed by atoms with Crippen molar-refractivity contribution < 1.29 is 13.2 Å². The van der Waals surface area contributed by atoms with E-state index in [0.29, 0.717) is 6.54 Å².